The van der Waals surface area contributed by atoms with E-state index in [1.54, 1.807) is 31.2 Å². The molecule has 5 nitrogen and oxygen atoms in total. The first-order valence-corrected chi connectivity index (χ1v) is 8.29. The molecule has 128 valence electrons. The molecule has 1 heterocycles. The van der Waals surface area contributed by atoms with E-state index in [-0.39, 0.29) is 16.3 Å². The maximum atomic E-state index is 12.5. The van der Waals surface area contributed by atoms with Gasteiger partial charge >= 0.3 is 0 Å². The van der Waals surface area contributed by atoms with E-state index in [9.17, 15) is 9.90 Å². The zero-order chi connectivity index (χ0) is 18.8. The van der Waals surface area contributed by atoms with Crippen molar-refractivity contribution in [2.24, 2.45) is 5.10 Å². The number of hydrazone groups is 1. The number of aromatic hydroxyl groups is 1. The van der Waals surface area contributed by atoms with Crippen LogP contribution in [0.25, 0.3) is 10.9 Å². The summed E-state index contributed by atoms with van der Waals surface area (Å²) in [5.74, 6) is -0.609. The average Bonchev–Trinajstić information content (AvgIpc) is 2.58. The van der Waals surface area contributed by atoms with Crippen LogP contribution in [0.4, 0.5) is 0 Å². The minimum atomic E-state index is -0.435. The molecule has 0 saturated carbocycles. The number of halogens is 2. The van der Waals surface area contributed by atoms with Gasteiger partial charge in [-0.2, -0.15) is 5.10 Å². The lowest BCUT2D eigenvalue weighted by Crippen LogP contribution is -2.19. The van der Waals surface area contributed by atoms with Crippen LogP contribution in [-0.4, -0.2) is 30.1 Å². The van der Waals surface area contributed by atoms with Gasteiger partial charge in [0.2, 0.25) is 0 Å². The standard InChI is InChI=1S/C18H12BCl2N3O2/c1-9-4-14(13-6-11(19)2-3-16(13)23-9)18(26)24-22-8-10-5-12(20)7-15(21)17(10)25/h2-8,25H,1H3,(H,24,26)/b22-8+. The molecule has 0 spiro atoms. The number of pyridine rings is 1. The van der Waals surface area contributed by atoms with Gasteiger partial charge in [0.25, 0.3) is 5.91 Å². The van der Waals surface area contributed by atoms with Crippen molar-refractivity contribution >= 4 is 59.5 Å². The molecule has 0 aliphatic rings. The van der Waals surface area contributed by atoms with Gasteiger partial charge in [0, 0.05) is 21.7 Å². The maximum Gasteiger partial charge on any atom is 0.272 e. The second-order valence-electron chi connectivity index (χ2n) is 5.61. The summed E-state index contributed by atoms with van der Waals surface area (Å²) in [7, 11) is 5.81. The van der Waals surface area contributed by atoms with Crippen molar-refractivity contribution in [2.75, 3.05) is 0 Å². The summed E-state index contributed by atoms with van der Waals surface area (Å²) in [4.78, 5) is 16.9. The third-order valence-corrected chi connectivity index (χ3v) is 4.14. The van der Waals surface area contributed by atoms with E-state index in [1.807, 2.05) is 0 Å². The van der Waals surface area contributed by atoms with E-state index in [0.717, 1.165) is 0 Å². The van der Waals surface area contributed by atoms with Crippen molar-refractivity contribution in [2.45, 2.75) is 6.92 Å². The van der Waals surface area contributed by atoms with Crippen LogP contribution in [-0.2, 0) is 0 Å². The van der Waals surface area contributed by atoms with E-state index < -0.39 is 5.91 Å². The molecule has 3 rings (SSSR count). The van der Waals surface area contributed by atoms with Gasteiger partial charge in [-0.3, -0.25) is 9.78 Å². The normalized spacial score (nSPS) is 11.2. The third kappa shape index (κ3) is 3.82. The molecule has 3 aromatic rings. The highest BCUT2D eigenvalue weighted by Gasteiger charge is 2.12. The van der Waals surface area contributed by atoms with Gasteiger partial charge < -0.3 is 5.11 Å². The molecule has 0 saturated heterocycles. The molecule has 1 aromatic heterocycles. The fourth-order valence-corrected chi connectivity index (χ4v) is 2.98. The Morgan fingerprint density at radius 3 is 2.81 bits per heavy atom. The van der Waals surface area contributed by atoms with Crippen molar-refractivity contribution in [1.29, 1.82) is 0 Å². The fraction of sp³-hybridized carbons (Fsp3) is 0.0556. The first-order chi connectivity index (χ1) is 12.3. The van der Waals surface area contributed by atoms with E-state index >= 15 is 0 Å². The molecule has 0 atom stereocenters. The van der Waals surface area contributed by atoms with Crippen LogP contribution in [0.5, 0.6) is 5.75 Å². The van der Waals surface area contributed by atoms with E-state index in [0.29, 0.717) is 32.6 Å². The van der Waals surface area contributed by atoms with Crippen LogP contribution in [0.2, 0.25) is 10.0 Å². The number of amides is 1. The van der Waals surface area contributed by atoms with Gasteiger partial charge in [0.1, 0.15) is 13.6 Å². The van der Waals surface area contributed by atoms with Crippen LogP contribution in [0.3, 0.4) is 0 Å². The molecule has 0 aliphatic carbocycles. The Kier molecular flexibility index (Phi) is 5.16. The molecular formula is C18H12BCl2N3O2. The number of fused-ring (bicyclic) bond motifs is 1. The fourth-order valence-electron chi connectivity index (χ4n) is 2.47. The van der Waals surface area contributed by atoms with E-state index in [1.165, 1.54) is 18.3 Å². The molecule has 0 fully saturated rings. The van der Waals surface area contributed by atoms with Gasteiger partial charge in [-0.25, -0.2) is 5.43 Å². The van der Waals surface area contributed by atoms with Gasteiger partial charge in [-0.15, -0.1) is 0 Å². The number of carbonyl (C=O) groups is 1. The Balaban J connectivity index is 1.90. The predicted molar refractivity (Wildman–Crippen MR) is 105 cm³/mol. The van der Waals surface area contributed by atoms with Crippen LogP contribution >= 0.6 is 23.2 Å². The average molecular weight is 384 g/mol. The topological polar surface area (TPSA) is 74.6 Å². The molecule has 26 heavy (non-hydrogen) atoms. The largest absolute Gasteiger partial charge is 0.506 e. The number of benzene rings is 2. The SMILES string of the molecule is [B]c1ccc2nc(C)cc(C(=O)N/N=C/c3cc(Cl)cc(Cl)c3O)c2c1. The summed E-state index contributed by atoms with van der Waals surface area (Å²) in [6.07, 6.45) is 1.26. The van der Waals surface area contributed by atoms with Crippen molar-refractivity contribution in [1.82, 2.24) is 10.4 Å². The summed E-state index contributed by atoms with van der Waals surface area (Å²) in [5, 5.41) is 14.8. The lowest BCUT2D eigenvalue weighted by molar-refractivity contribution is 0.0956. The maximum absolute atomic E-state index is 12.5. The number of nitrogens with one attached hydrogen (secondary N) is 1. The van der Waals surface area contributed by atoms with Crippen LogP contribution in [0.1, 0.15) is 21.6 Å². The van der Waals surface area contributed by atoms with Crippen LogP contribution in [0.15, 0.2) is 41.5 Å². The Morgan fingerprint density at radius 1 is 1.27 bits per heavy atom. The second-order valence-corrected chi connectivity index (χ2v) is 6.46. The number of aryl methyl sites for hydroxylation is 1. The number of hydrogen-bond donors (Lipinski definition) is 2. The molecule has 0 aliphatic heterocycles. The molecule has 2 N–H and O–H groups in total. The Hall–Kier alpha value is -2.57. The molecule has 2 aromatic carbocycles. The molecule has 1 amide bonds. The number of phenolic OH excluding ortho intramolecular Hbond substituents is 1. The number of hydrogen-bond acceptors (Lipinski definition) is 4. The molecular weight excluding hydrogens is 372 g/mol. The zero-order valence-corrected chi connectivity index (χ0v) is 15.1. The molecule has 0 unspecified atom stereocenters. The summed E-state index contributed by atoms with van der Waals surface area (Å²) in [6.45, 7) is 1.79. The Morgan fingerprint density at radius 2 is 2.04 bits per heavy atom. The van der Waals surface area contributed by atoms with E-state index in [2.05, 4.69) is 15.5 Å². The Labute approximate surface area is 161 Å². The monoisotopic (exact) mass is 383 g/mol. The van der Waals surface area contributed by atoms with Gasteiger partial charge in [0.15, 0.2) is 0 Å². The highest BCUT2D eigenvalue weighted by Crippen LogP contribution is 2.29. The third-order valence-electron chi connectivity index (χ3n) is 3.63. The highest BCUT2D eigenvalue weighted by atomic mass is 35.5. The second kappa shape index (κ2) is 7.36. The van der Waals surface area contributed by atoms with Crippen molar-refractivity contribution in [3.05, 3.63) is 63.3 Å². The summed E-state index contributed by atoms with van der Waals surface area (Å²) < 4.78 is 0. The number of nitrogens with zero attached hydrogens (tertiary/aromatic N) is 2. The highest BCUT2D eigenvalue weighted by molar-refractivity contribution is 6.36. The van der Waals surface area contributed by atoms with Gasteiger partial charge in [-0.1, -0.05) is 40.8 Å². The quantitative estimate of drug-likeness (QED) is 0.414. The minimum Gasteiger partial charge on any atom is -0.506 e. The lowest BCUT2D eigenvalue weighted by Gasteiger charge is -2.08. The molecule has 2 radical (unpaired) electrons. The van der Waals surface area contributed by atoms with Crippen molar-refractivity contribution in [3.8, 4) is 5.75 Å². The van der Waals surface area contributed by atoms with Gasteiger partial charge in [0.05, 0.1) is 22.3 Å². The first-order valence-electron chi connectivity index (χ1n) is 7.53. The molecule has 0 bridgehead atoms. The van der Waals surface area contributed by atoms with Crippen LogP contribution in [0, 0.1) is 6.92 Å². The minimum absolute atomic E-state index is 0.0940. The smallest absolute Gasteiger partial charge is 0.272 e. The number of aromatic nitrogens is 1. The summed E-state index contributed by atoms with van der Waals surface area (Å²) in [6, 6.07) is 9.70. The van der Waals surface area contributed by atoms with Crippen LogP contribution < -0.4 is 10.9 Å². The molecule has 8 heteroatoms. The summed E-state index contributed by atoms with van der Waals surface area (Å²) in [5.41, 5.74) is 4.97. The number of carbonyl (C=O) groups excluding carboxylic acids is 1. The first kappa shape index (κ1) is 18.2. The Bertz CT molecular complexity index is 1050. The van der Waals surface area contributed by atoms with Gasteiger partial charge in [-0.05, 0) is 31.2 Å². The van der Waals surface area contributed by atoms with Crippen molar-refractivity contribution in [3.63, 3.8) is 0 Å². The zero-order valence-electron chi connectivity index (χ0n) is 13.6. The predicted octanol–water partition coefficient (Wildman–Crippen LogP) is 3.11. The number of rotatable bonds is 3. The summed E-state index contributed by atoms with van der Waals surface area (Å²) >= 11 is 11.7. The number of phenols is 1. The lowest BCUT2D eigenvalue weighted by atomic mass is 9.93. The van der Waals surface area contributed by atoms with Crippen molar-refractivity contribution < 1.29 is 9.90 Å². The van der Waals surface area contributed by atoms with E-state index in [4.69, 9.17) is 31.0 Å².